The van der Waals surface area contributed by atoms with E-state index in [2.05, 4.69) is 51.1 Å². The third-order valence-corrected chi connectivity index (χ3v) is 13.0. The lowest BCUT2D eigenvalue weighted by Gasteiger charge is -2.31. The fourth-order valence-corrected chi connectivity index (χ4v) is 8.68. The number of rotatable bonds is 22. The van der Waals surface area contributed by atoms with E-state index in [9.17, 15) is 72.9 Å². The number of aliphatic hydroxyl groups is 1. The molecule has 26 nitrogen and oxygen atoms in total. The Hall–Kier alpha value is -7.38. The van der Waals surface area contributed by atoms with Crippen LogP contribution in [0.5, 0.6) is 5.75 Å². The average Bonchev–Trinajstić information content (AvgIpc) is 3.84. The van der Waals surface area contributed by atoms with Gasteiger partial charge in [0.2, 0.25) is 65.0 Å². The number of primary amides is 3. The van der Waals surface area contributed by atoms with Crippen molar-refractivity contribution in [3.63, 3.8) is 0 Å². The van der Waals surface area contributed by atoms with Crippen LogP contribution in [0, 0.1) is 5.92 Å². The average molecular weight is 1060 g/mol. The molecule has 2 saturated heterocycles. The second-order valence-electron chi connectivity index (χ2n) is 19.2. The summed E-state index contributed by atoms with van der Waals surface area (Å²) in [6.07, 6.45) is 2.88. The zero-order valence-corrected chi connectivity index (χ0v) is 42.6. The van der Waals surface area contributed by atoms with Crippen LogP contribution < -0.4 is 54.4 Å². The van der Waals surface area contributed by atoms with E-state index in [1.54, 1.807) is 0 Å². The van der Waals surface area contributed by atoms with E-state index < -0.39 is 164 Å². The highest BCUT2D eigenvalue weighted by atomic mass is 16.4. The molecule has 2 heterocycles. The Morgan fingerprint density at radius 2 is 1.13 bits per heavy atom. The van der Waals surface area contributed by atoms with Crippen LogP contribution >= 0.6 is 0 Å². The highest BCUT2D eigenvalue weighted by molar-refractivity contribution is 6.00. The van der Waals surface area contributed by atoms with E-state index >= 15 is 0 Å². The number of hydrogen-bond donors (Lipinski definition) is 13. The largest absolute Gasteiger partial charge is 0.508 e. The Bertz CT molecular complexity index is 2200. The molecule has 0 bridgehead atoms. The summed E-state index contributed by atoms with van der Waals surface area (Å²) in [6.45, 7) is 3.21. The first-order chi connectivity index (χ1) is 35.5. The minimum Gasteiger partial charge on any atom is -0.508 e. The number of nitrogens with two attached hydrogens (primary N) is 3. The fraction of sp³-hybridized carbons (Fsp3) is 0.633. The SMILES string of the molecule is CCC(C)CCCCCCCCC1CC(=O)NC(CC(=O)O)C(=O)N[C@H](Cc2ccc(O)cc2)C(=O)NC(CC(N)=O)C(=O)NC(CCC(N)=O)C(=O)N2CCC[C@H]2C(=O)NC(CC(N)=O)C(=O)N[C@@H](CO)C(=O)N1. The second-order valence-corrected chi connectivity index (χ2v) is 19.2. The van der Waals surface area contributed by atoms with Gasteiger partial charge in [-0.25, -0.2) is 0 Å². The van der Waals surface area contributed by atoms with Gasteiger partial charge in [-0.15, -0.1) is 0 Å². The number of fused-ring (bicyclic) bond motifs is 1. The first-order valence-corrected chi connectivity index (χ1v) is 25.4. The fourth-order valence-electron chi connectivity index (χ4n) is 8.68. The third kappa shape index (κ3) is 21.9. The summed E-state index contributed by atoms with van der Waals surface area (Å²) < 4.78 is 0. The van der Waals surface area contributed by atoms with Gasteiger partial charge < -0.3 is 74.6 Å². The Morgan fingerprint density at radius 1 is 0.627 bits per heavy atom. The van der Waals surface area contributed by atoms with Crippen molar-refractivity contribution in [1.82, 2.24) is 42.1 Å². The van der Waals surface area contributed by atoms with E-state index in [0.717, 1.165) is 43.4 Å². The van der Waals surface area contributed by atoms with E-state index in [-0.39, 0.29) is 38.0 Å². The molecule has 6 unspecified atom stereocenters. The number of nitrogens with one attached hydrogen (secondary N) is 7. The van der Waals surface area contributed by atoms with Crippen LogP contribution in [0.3, 0.4) is 0 Å². The van der Waals surface area contributed by atoms with Crippen molar-refractivity contribution in [2.75, 3.05) is 13.2 Å². The lowest BCUT2D eigenvalue weighted by molar-refractivity contribution is -0.143. The molecule has 9 atom stereocenters. The molecule has 1 aromatic rings. The predicted octanol–water partition coefficient (Wildman–Crippen LogP) is -2.63. The molecule has 0 aromatic heterocycles. The first kappa shape index (κ1) is 61.9. The Kier molecular flexibility index (Phi) is 25.9. The van der Waals surface area contributed by atoms with E-state index in [0.29, 0.717) is 24.3 Å². The summed E-state index contributed by atoms with van der Waals surface area (Å²) in [7, 11) is 0. The number of carboxylic acid groups (broad SMARTS) is 1. The molecule has 0 aliphatic carbocycles. The smallest absolute Gasteiger partial charge is 0.305 e. The summed E-state index contributed by atoms with van der Waals surface area (Å²) in [5.74, 6) is -12.8. The van der Waals surface area contributed by atoms with Crippen molar-refractivity contribution in [2.24, 2.45) is 23.1 Å². The summed E-state index contributed by atoms with van der Waals surface area (Å²) >= 11 is 0. The Labute approximate surface area is 434 Å². The van der Waals surface area contributed by atoms with Gasteiger partial charge in [-0.05, 0) is 49.3 Å². The standard InChI is InChI=1S/C49H75N11O15/c1-3-27(2)11-8-6-4-5-7-9-12-29-22-41(66)54-35(25-42(67)68)46(72)56-32(21-28-14-16-30(62)17-15-28)43(69)57-33(23-39(51)64)44(70)55-31(18-19-38(50)63)49(75)60-20-10-13-37(60)48(74)58-34(24-40(52)65)45(71)59-36(26-61)47(73)53-29/h14-17,27,29,31-37,61-62H,3-13,18-26H2,1-2H3,(H2,50,63)(H2,51,64)(H2,52,65)(H,53,73)(H,54,66)(H,55,70)(H,56,72)(H,57,69)(H,58,74)(H,59,71)(H,67,68)/t27?,29?,31?,32-,33?,34?,35?,36+,37+/m1/s1. The van der Waals surface area contributed by atoms with Crippen LogP contribution in [0.25, 0.3) is 0 Å². The number of aliphatic hydroxyl groups excluding tert-OH is 1. The molecule has 0 radical (unpaired) electrons. The van der Waals surface area contributed by atoms with Gasteiger partial charge in [-0.1, -0.05) is 77.3 Å². The maximum absolute atomic E-state index is 14.3. The second kappa shape index (κ2) is 31.4. The maximum atomic E-state index is 14.3. The molecule has 26 heteroatoms. The van der Waals surface area contributed by atoms with E-state index in [4.69, 9.17) is 17.2 Å². The monoisotopic (exact) mass is 1060 g/mol. The van der Waals surface area contributed by atoms with Gasteiger partial charge in [0.05, 0.1) is 25.9 Å². The number of aromatic hydroxyl groups is 1. The van der Waals surface area contributed by atoms with Crippen molar-refractivity contribution in [3.8, 4) is 5.75 Å². The summed E-state index contributed by atoms with van der Waals surface area (Å²) in [5, 5.41) is 46.9. The number of benzene rings is 1. The van der Waals surface area contributed by atoms with Crippen LogP contribution in [-0.2, 0) is 64.0 Å². The minimum absolute atomic E-state index is 0.00430. The molecule has 3 rings (SSSR count). The van der Waals surface area contributed by atoms with Gasteiger partial charge in [0, 0.05) is 31.8 Å². The first-order valence-electron chi connectivity index (χ1n) is 25.4. The molecule has 416 valence electrons. The Morgan fingerprint density at radius 3 is 1.69 bits per heavy atom. The van der Waals surface area contributed by atoms with Crippen LogP contribution in [0.1, 0.15) is 129 Å². The molecule has 1 aromatic carbocycles. The number of phenols is 1. The van der Waals surface area contributed by atoms with Crippen molar-refractivity contribution in [3.05, 3.63) is 29.8 Å². The Balaban J connectivity index is 2.12. The van der Waals surface area contributed by atoms with Crippen LogP contribution in [0.2, 0.25) is 0 Å². The van der Waals surface area contributed by atoms with Crippen molar-refractivity contribution in [1.29, 1.82) is 0 Å². The van der Waals surface area contributed by atoms with Crippen LogP contribution in [0.4, 0.5) is 0 Å². The molecular formula is C49H75N11O15. The molecular weight excluding hydrogens is 983 g/mol. The number of hydrogen-bond acceptors (Lipinski definition) is 14. The molecule has 11 amide bonds. The highest BCUT2D eigenvalue weighted by Gasteiger charge is 2.41. The van der Waals surface area contributed by atoms with Crippen LogP contribution in [-0.4, -0.2) is 153 Å². The molecule has 16 N–H and O–H groups in total. The number of unbranched alkanes of at least 4 members (excludes halogenated alkanes) is 5. The quantitative estimate of drug-likeness (QED) is 0.0529. The minimum atomic E-state index is -1.88. The van der Waals surface area contributed by atoms with E-state index in [1.807, 2.05) is 0 Å². The lowest BCUT2D eigenvalue weighted by Crippen LogP contribution is -2.60. The van der Waals surface area contributed by atoms with Gasteiger partial charge >= 0.3 is 5.97 Å². The molecule has 2 fully saturated rings. The number of phenolic OH excluding ortho intramolecular Hbond substituents is 1. The summed E-state index contributed by atoms with van der Waals surface area (Å²) in [6, 6.07) is -7.70. The number of carbonyl (C=O) groups excluding carboxylic acids is 11. The lowest BCUT2D eigenvalue weighted by atomic mass is 9.99. The van der Waals surface area contributed by atoms with Gasteiger partial charge in [-0.2, -0.15) is 0 Å². The maximum Gasteiger partial charge on any atom is 0.305 e. The van der Waals surface area contributed by atoms with Gasteiger partial charge in [0.1, 0.15) is 48.0 Å². The van der Waals surface area contributed by atoms with Crippen molar-refractivity contribution >= 4 is 70.9 Å². The zero-order chi connectivity index (χ0) is 55.8. The van der Waals surface area contributed by atoms with Gasteiger partial charge in [0.25, 0.3) is 0 Å². The zero-order valence-electron chi connectivity index (χ0n) is 42.6. The van der Waals surface area contributed by atoms with Gasteiger partial charge in [-0.3, -0.25) is 57.5 Å². The highest BCUT2D eigenvalue weighted by Crippen LogP contribution is 2.21. The number of carbonyl (C=O) groups is 12. The summed E-state index contributed by atoms with van der Waals surface area (Å²) in [4.78, 5) is 162. The van der Waals surface area contributed by atoms with Crippen LogP contribution in [0.15, 0.2) is 24.3 Å². The number of amides is 11. The predicted molar refractivity (Wildman–Crippen MR) is 266 cm³/mol. The molecule has 2 aliphatic heterocycles. The molecule has 75 heavy (non-hydrogen) atoms. The van der Waals surface area contributed by atoms with Crippen molar-refractivity contribution < 1.29 is 72.9 Å². The third-order valence-electron chi connectivity index (χ3n) is 13.0. The molecule has 0 spiro atoms. The number of aliphatic carboxylic acids is 1. The summed E-state index contributed by atoms with van der Waals surface area (Å²) in [5.41, 5.74) is 16.6. The molecule has 0 saturated carbocycles. The van der Waals surface area contributed by atoms with Crippen molar-refractivity contribution in [2.45, 2.75) is 178 Å². The van der Waals surface area contributed by atoms with E-state index in [1.165, 1.54) is 24.3 Å². The number of nitrogens with zero attached hydrogens (tertiary/aromatic N) is 1. The normalized spacial score (nSPS) is 24.3. The van der Waals surface area contributed by atoms with Gasteiger partial charge in [0.15, 0.2) is 0 Å². The number of carboxylic acids is 1. The molecule has 2 aliphatic rings. The topological polar surface area (TPSA) is 431 Å².